The molecule has 2 N–H and O–H groups in total. The molecule has 1 saturated heterocycles. The number of aliphatic imine (C=N–C) groups is 1. The highest BCUT2D eigenvalue weighted by Crippen LogP contribution is 2.17. The molecule has 0 aromatic carbocycles. The Morgan fingerprint density at radius 3 is 2.68 bits per heavy atom. The molecule has 0 amide bonds. The molecular formula is C20H31N7S. The second-order valence-electron chi connectivity index (χ2n) is 7.11. The largest absolute Gasteiger partial charge is 0.357 e. The SMILES string of the molecule is CCNC(=NCc1ccnc(N2CCN(C)CC2)c1)NCc1nc(C)c(C)s1. The summed E-state index contributed by atoms with van der Waals surface area (Å²) in [4.78, 5) is 19.9. The van der Waals surface area contributed by atoms with E-state index in [2.05, 4.69) is 64.3 Å². The van der Waals surface area contributed by atoms with E-state index >= 15 is 0 Å². The first-order valence-corrected chi connectivity index (χ1v) is 10.7. The maximum atomic E-state index is 4.74. The smallest absolute Gasteiger partial charge is 0.191 e. The molecule has 0 radical (unpaired) electrons. The Balaban J connectivity index is 1.61. The highest BCUT2D eigenvalue weighted by molar-refractivity contribution is 7.11. The average Bonchev–Trinajstić information content (AvgIpc) is 3.02. The van der Waals surface area contributed by atoms with Crippen molar-refractivity contribution in [3.63, 3.8) is 0 Å². The quantitative estimate of drug-likeness (QED) is 0.571. The number of thiazole rings is 1. The highest BCUT2D eigenvalue weighted by Gasteiger charge is 2.15. The summed E-state index contributed by atoms with van der Waals surface area (Å²) < 4.78 is 0. The number of nitrogens with one attached hydrogen (secondary N) is 2. The molecule has 152 valence electrons. The van der Waals surface area contributed by atoms with Crippen LogP contribution in [0.1, 0.15) is 28.1 Å². The van der Waals surface area contributed by atoms with Gasteiger partial charge >= 0.3 is 0 Å². The number of guanidine groups is 1. The first kappa shape index (κ1) is 20.5. The van der Waals surface area contributed by atoms with E-state index in [1.165, 1.54) is 10.4 Å². The van der Waals surface area contributed by atoms with E-state index in [-0.39, 0.29) is 0 Å². The van der Waals surface area contributed by atoms with Gasteiger partial charge in [0.2, 0.25) is 0 Å². The number of rotatable bonds is 6. The van der Waals surface area contributed by atoms with Gasteiger partial charge < -0.3 is 20.4 Å². The number of likely N-dealkylation sites (N-methyl/N-ethyl adjacent to an activating group) is 1. The molecule has 0 spiro atoms. The van der Waals surface area contributed by atoms with Gasteiger partial charge in [-0.1, -0.05) is 0 Å². The van der Waals surface area contributed by atoms with Crippen LogP contribution in [0, 0.1) is 13.8 Å². The summed E-state index contributed by atoms with van der Waals surface area (Å²) in [7, 11) is 2.17. The number of anilines is 1. The van der Waals surface area contributed by atoms with Gasteiger partial charge in [0.15, 0.2) is 5.96 Å². The van der Waals surface area contributed by atoms with Crippen LogP contribution in [0.25, 0.3) is 0 Å². The Bertz CT molecular complexity index is 774. The van der Waals surface area contributed by atoms with Crippen molar-refractivity contribution in [3.8, 4) is 0 Å². The minimum atomic E-state index is 0.620. The third-order valence-corrected chi connectivity index (χ3v) is 5.95. The van der Waals surface area contributed by atoms with Gasteiger partial charge in [0, 0.05) is 43.8 Å². The zero-order valence-electron chi connectivity index (χ0n) is 17.3. The lowest BCUT2D eigenvalue weighted by Crippen LogP contribution is -2.44. The van der Waals surface area contributed by atoms with Crippen LogP contribution in [0.3, 0.4) is 0 Å². The fourth-order valence-corrected chi connectivity index (χ4v) is 3.93. The minimum Gasteiger partial charge on any atom is -0.357 e. The first-order valence-electron chi connectivity index (χ1n) is 9.88. The molecule has 7 nitrogen and oxygen atoms in total. The Labute approximate surface area is 171 Å². The van der Waals surface area contributed by atoms with Crippen LogP contribution in [0.5, 0.6) is 0 Å². The van der Waals surface area contributed by atoms with E-state index in [4.69, 9.17) is 4.99 Å². The van der Waals surface area contributed by atoms with Crippen molar-refractivity contribution in [2.24, 2.45) is 4.99 Å². The predicted molar refractivity (Wildman–Crippen MR) is 117 cm³/mol. The Morgan fingerprint density at radius 1 is 1.21 bits per heavy atom. The van der Waals surface area contributed by atoms with Gasteiger partial charge in [-0.15, -0.1) is 11.3 Å². The molecule has 1 aliphatic rings. The molecule has 0 atom stereocenters. The number of hydrogen-bond acceptors (Lipinski definition) is 6. The summed E-state index contributed by atoms with van der Waals surface area (Å²) >= 11 is 1.73. The predicted octanol–water partition coefficient (Wildman–Crippen LogP) is 2.16. The number of pyridine rings is 1. The fourth-order valence-electron chi connectivity index (χ4n) is 3.05. The third kappa shape index (κ3) is 5.65. The molecule has 0 aliphatic carbocycles. The molecule has 1 fully saturated rings. The monoisotopic (exact) mass is 401 g/mol. The van der Waals surface area contributed by atoms with E-state index < -0.39 is 0 Å². The maximum Gasteiger partial charge on any atom is 0.191 e. The van der Waals surface area contributed by atoms with Crippen LogP contribution in [-0.2, 0) is 13.1 Å². The number of nitrogens with zero attached hydrogens (tertiary/aromatic N) is 5. The lowest BCUT2D eigenvalue weighted by Gasteiger charge is -2.33. The molecule has 8 heteroatoms. The maximum absolute atomic E-state index is 4.74. The summed E-state index contributed by atoms with van der Waals surface area (Å²) in [6.45, 7) is 12.6. The molecule has 28 heavy (non-hydrogen) atoms. The Kier molecular flexibility index (Phi) is 7.22. The molecule has 3 heterocycles. The van der Waals surface area contributed by atoms with E-state index in [0.717, 1.165) is 55.2 Å². The number of piperazine rings is 1. The molecule has 0 saturated carbocycles. The average molecular weight is 402 g/mol. The van der Waals surface area contributed by atoms with Crippen LogP contribution in [0.4, 0.5) is 5.82 Å². The van der Waals surface area contributed by atoms with Crippen molar-refractivity contribution in [3.05, 3.63) is 39.5 Å². The van der Waals surface area contributed by atoms with E-state index in [1.807, 2.05) is 12.3 Å². The van der Waals surface area contributed by atoms with Crippen molar-refractivity contribution in [1.82, 2.24) is 25.5 Å². The summed E-state index contributed by atoms with van der Waals surface area (Å²) in [5.74, 6) is 1.86. The molecule has 1 aliphatic heterocycles. The lowest BCUT2D eigenvalue weighted by molar-refractivity contribution is 0.312. The summed E-state index contributed by atoms with van der Waals surface area (Å²) in [6, 6.07) is 4.20. The van der Waals surface area contributed by atoms with Crippen LogP contribution < -0.4 is 15.5 Å². The molecule has 0 unspecified atom stereocenters. The molecular weight excluding hydrogens is 370 g/mol. The van der Waals surface area contributed by atoms with Gasteiger partial charge in [-0.25, -0.2) is 15.0 Å². The topological polar surface area (TPSA) is 68.7 Å². The van der Waals surface area contributed by atoms with Crippen molar-refractivity contribution in [2.45, 2.75) is 33.9 Å². The minimum absolute atomic E-state index is 0.620. The third-order valence-electron chi connectivity index (χ3n) is 4.88. The van der Waals surface area contributed by atoms with Crippen molar-refractivity contribution >= 4 is 23.1 Å². The molecule has 0 bridgehead atoms. The van der Waals surface area contributed by atoms with Gasteiger partial charge in [-0.05, 0) is 45.5 Å². The van der Waals surface area contributed by atoms with Crippen LogP contribution >= 0.6 is 11.3 Å². The highest BCUT2D eigenvalue weighted by atomic mass is 32.1. The number of aromatic nitrogens is 2. The number of aryl methyl sites for hydroxylation is 2. The summed E-state index contributed by atoms with van der Waals surface area (Å²) in [6.07, 6.45) is 1.89. The van der Waals surface area contributed by atoms with Crippen LogP contribution in [-0.4, -0.2) is 60.6 Å². The molecule has 2 aromatic heterocycles. The normalized spacial score (nSPS) is 15.7. The van der Waals surface area contributed by atoms with Gasteiger partial charge in [0.1, 0.15) is 10.8 Å². The zero-order valence-corrected chi connectivity index (χ0v) is 18.1. The van der Waals surface area contributed by atoms with Gasteiger partial charge in [-0.3, -0.25) is 0 Å². The second kappa shape index (κ2) is 9.84. The van der Waals surface area contributed by atoms with E-state index in [0.29, 0.717) is 13.1 Å². The standard InChI is InChI=1S/C20H31N7S/c1-5-21-20(24-14-19-25-15(2)16(3)28-19)23-13-17-6-7-22-18(12-17)27-10-8-26(4)9-11-27/h6-7,12H,5,8-11,13-14H2,1-4H3,(H2,21,23,24). The second-order valence-corrected chi connectivity index (χ2v) is 8.40. The lowest BCUT2D eigenvalue weighted by atomic mass is 10.2. The van der Waals surface area contributed by atoms with Gasteiger partial charge in [0.25, 0.3) is 0 Å². The van der Waals surface area contributed by atoms with E-state index in [9.17, 15) is 0 Å². The Morgan fingerprint density at radius 2 is 2.00 bits per heavy atom. The Hall–Kier alpha value is -2.19. The van der Waals surface area contributed by atoms with Gasteiger partial charge in [-0.2, -0.15) is 0 Å². The summed E-state index contributed by atoms with van der Waals surface area (Å²) in [5, 5.41) is 7.78. The summed E-state index contributed by atoms with van der Waals surface area (Å²) in [5.41, 5.74) is 2.28. The van der Waals surface area contributed by atoms with Crippen LogP contribution in [0.2, 0.25) is 0 Å². The number of hydrogen-bond donors (Lipinski definition) is 2. The molecule has 3 rings (SSSR count). The zero-order chi connectivity index (χ0) is 19.9. The van der Waals surface area contributed by atoms with Gasteiger partial charge in [0.05, 0.1) is 18.8 Å². The fraction of sp³-hybridized carbons (Fsp3) is 0.550. The van der Waals surface area contributed by atoms with Crippen LogP contribution in [0.15, 0.2) is 23.3 Å². The van der Waals surface area contributed by atoms with Crippen molar-refractivity contribution in [2.75, 3.05) is 44.7 Å². The van der Waals surface area contributed by atoms with Crippen molar-refractivity contribution < 1.29 is 0 Å². The molecule has 2 aromatic rings. The van der Waals surface area contributed by atoms with Crippen molar-refractivity contribution in [1.29, 1.82) is 0 Å². The first-order chi connectivity index (χ1) is 13.5. The van der Waals surface area contributed by atoms with E-state index in [1.54, 1.807) is 11.3 Å².